The number of aromatic nitrogens is 1. The van der Waals surface area contributed by atoms with Gasteiger partial charge in [0.05, 0.1) is 30.3 Å². The smallest absolute Gasteiger partial charge is 0.338 e. The van der Waals surface area contributed by atoms with Gasteiger partial charge in [0.1, 0.15) is 12.4 Å². The van der Waals surface area contributed by atoms with Gasteiger partial charge in [0.15, 0.2) is 0 Å². The van der Waals surface area contributed by atoms with Gasteiger partial charge in [0.25, 0.3) is 0 Å². The highest BCUT2D eigenvalue weighted by Crippen LogP contribution is 2.34. The molecular formula is C19H20N2O4. The van der Waals surface area contributed by atoms with Crippen molar-refractivity contribution in [3.05, 3.63) is 53.9 Å². The van der Waals surface area contributed by atoms with E-state index in [1.54, 1.807) is 42.4 Å². The van der Waals surface area contributed by atoms with Gasteiger partial charge in [-0.3, -0.25) is 9.78 Å². The number of amides is 1. The zero-order valence-electron chi connectivity index (χ0n) is 14.3. The number of nitrogens with zero attached hydrogens (tertiary/aromatic N) is 2. The second kappa shape index (κ2) is 7.34. The zero-order valence-corrected chi connectivity index (χ0v) is 14.3. The normalized spacial score (nSPS) is 14.2. The molecule has 0 saturated carbocycles. The minimum atomic E-state index is -0.413. The van der Waals surface area contributed by atoms with Crippen molar-refractivity contribution >= 4 is 17.6 Å². The van der Waals surface area contributed by atoms with E-state index >= 15 is 0 Å². The van der Waals surface area contributed by atoms with Crippen LogP contribution in [0.4, 0.5) is 5.69 Å². The summed E-state index contributed by atoms with van der Waals surface area (Å²) in [5.74, 6) is -0.223. The first kappa shape index (κ1) is 17.0. The molecule has 1 aromatic heterocycles. The first-order valence-corrected chi connectivity index (χ1v) is 8.27. The maximum atomic E-state index is 13.0. The Morgan fingerprint density at radius 1 is 1.36 bits per heavy atom. The summed E-state index contributed by atoms with van der Waals surface area (Å²) in [6.45, 7) is 4.75. The Kier molecular flexibility index (Phi) is 4.97. The number of rotatable bonds is 4. The van der Waals surface area contributed by atoms with E-state index in [-0.39, 0.29) is 11.8 Å². The molecule has 3 rings (SSSR count). The Morgan fingerprint density at radius 2 is 2.20 bits per heavy atom. The first-order valence-electron chi connectivity index (χ1n) is 8.27. The summed E-state index contributed by atoms with van der Waals surface area (Å²) in [5.41, 5.74) is 1.84. The summed E-state index contributed by atoms with van der Waals surface area (Å²) in [6.07, 6.45) is 3.37. The fourth-order valence-electron chi connectivity index (χ4n) is 2.80. The van der Waals surface area contributed by atoms with Crippen molar-refractivity contribution in [2.75, 3.05) is 24.7 Å². The van der Waals surface area contributed by atoms with Gasteiger partial charge in [0.2, 0.25) is 5.91 Å². The average molecular weight is 340 g/mol. The minimum absolute atomic E-state index is 0.0569. The molecule has 1 amide bonds. The molecule has 2 aromatic rings. The molecule has 130 valence electrons. The molecule has 1 atom stereocenters. The van der Waals surface area contributed by atoms with E-state index in [4.69, 9.17) is 9.47 Å². The summed E-state index contributed by atoms with van der Waals surface area (Å²) in [7, 11) is 0. The minimum Gasteiger partial charge on any atom is -0.490 e. The summed E-state index contributed by atoms with van der Waals surface area (Å²) >= 11 is 0. The van der Waals surface area contributed by atoms with Gasteiger partial charge in [-0.2, -0.15) is 0 Å². The van der Waals surface area contributed by atoms with Crippen molar-refractivity contribution in [3.8, 4) is 5.75 Å². The second-order valence-electron chi connectivity index (χ2n) is 5.75. The summed E-state index contributed by atoms with van der Waals surface area (Å²) in [6, 6.07) is 8.70. The molecule has 6 nitrogen and oxygen atoms in total. The average Bonchev–Trinajstić information content (AvgIpc) is 2.66. The van der Waals surface area contributed by atoms with Crippen LogP contribution < -0.4 is 9.64 Å². The highest BCUT2D eigenvalue weighted by atomic mass is 16.5. The lowest BCUT2D eigenvalue weighted by Crippen LogP contribution is -2.40. The quantitative estimate of drug-likeness (QED) is 0.801. The molecule has 0 saturated heterocycles. The number of fused-ring (bicyclic) bond motifs is 1. The van der Waals surface area contributed by atoms with Crippen molar-refractivity contribution in [3.63, 3.8) is 0 Å². The van der Waals surface area contributed by atoms with E-state index in [1.165, 1.54) is 0 Å². The predicted octanol–water partition coefficient (Wildman–Crippen LogP) is 2.79. The lowest BCUT2D eigenvalue weighted by Gasteiger charge is -2.31. The lowest BCUT2D eigenvalue weighted by atomic mass is 10.0. The molecule has 0 bridgehead atoms. The molecule has 1 aliphatic heterocycles. The van der Waals surface area contributed by atoms with E-state index in [0.29, 0.717) is 36.8 Å². The third-order valence-electron chi connectivity index (χ3n) is 4.15. The van der Waals surface area contributed by atoms with Crippen molar-refractivity contribution < 1.29 is 19.1 Å². The van der Waals surface area contributed by atoms with Crippen molar-refractivity contribution in [2.24, 2.45) is 0 Å². The molecule has 2 heterocycles. The van der Waals surface area contributed by atoms with Crippen LogP contribution in [0.2, 0.25) is 0 Å². The third-order valence-corrected chi connectivity index (χ3v) is 4.15. The van der Waals surface area contributed by atoms with Gasteiger partial charge in [-0.05, 0) is 43.7 Å². The molecule has 6 heteroatoms. The van der Waals surface area contributed by atoms with Crippen LogP contribution in [0.15, 0.2) is 42.7 Å². The Bertz CT molecular complexity index is 776. The summed E-state index contributed by atoms with van der Waals surface area (Å²) < 4.78 is 10.7. The molecule has 1 aliphatic rings. The molecule has 0 N–H and O–H groups in total. The standard InChI is InChI=1S/C19H20N2O4/c1-3-24-19(23)14-6-7-17-16(11-14)21(9-10-25-17)18(22)13(2)15-5-4-8-20-12-15/h4-8,11-13H,3,9-10H2,1-2H3. The third kappa shape index (κ3) is 3.47. The predicted molar refractivity (Wildman–Crippen MR) is 92.9 cm³/mol. The molecule has 25 heavy (non-hydrogen) atoms. The van der Waals surface area contributed by atoms with Gasteiger partial charge in [-0.1, -0.05) is 6.07 Å². The number of hydrogen-bond acceptors (Lipinski definition) is 5. The maximum absolute atomic E-state index is 13.0. The monoisotopic (exact) mass is 340 g/mol. The number of esters is 1. The Balaban J connectivity index is 1.91. The highest BCUT2D eigenvalue weighted by Gasteiger charge is 2.29. The van der Waals surface area contributed by atoms with Gasteiger partial charge >= 0.3 is 5.97 Å². The number of benzene rings is 1. The van der Waals surface area contributed by atoms with Crippen molar-refractivity contribution in [1.29, 1.82) is 0 Å². The van der Waals surface area contributed by atoms with E-state index < -0.39 is 5.97 Å². The fourth-order valence-corrected chi connectivity index (χ4v) is 2.80. The van der Waals surface area contributed by atoms with E-state index in [2.05, 4.69) is 4.98 Å². The maximum Gasteiger partial charge on any atom is 0.338 e. The fraction of sp³-hybridized carbons (Fsp3) is 0.316. The van der Waals surface area contributed by atoms with Gasteiger partial charge in [0, 0.05) is 12.4 Å². The largest absolute Gasteiger partial charge is 0.490 e. The van der Waals surface area contributed by atoms with E-state index in [1.807, 2.05) is 19.1 Å². The van der Waals surface area contributed by atoms with Gasteiger partial charge in [-0.15, -0.1) is 0 Å². The molecule has 0 aliphatic carbocycles. The topological polar surface area (TPSA) is 68.7 Å². The van der Waals surface area contributed by atoms with Crippen molar-refractivity contribution in [1.82, 2.24) is 4.98 Å². The van der Waals surface area contributed by atoms with Crippen LogP contribution in [0, 0.1) is 0 Å². The summed E-state index contributed by atoms with van der Waals surface area (Å²) in [5, 5.41) is 0. The molecule has 0 fully saturated rings. The lowest BCUT2D eigenvalue weighted by molar-refractivity contribution is -0.120. The molecular weight excluding hydrogens is 320 g/mol. The summed E-state index contributed by atoms with van der Waals surface area (Å²) in [4.78, 5) is 30.7. The first-order chi connectivity index (χ1) is 12.1. The highest BCUT2D eigenvalue weighted by molar-refractivity contribution is 6.01. The van der Waals surface area contributed by atoms with Crippen LogP contribution in [0.25, 0.3) is 0 Å². The van der Waals surface area contributed by atoms with Crippen LogP contribution in [-0.2, 0) is 9.53 Å². The van der Waals surface area contributed by atoms with Crippen LogP contribution in [-0.4, -0.2) is 36.6 Å². The Morgan fingerprint density at radius 3 is 2.92 bits per heavy atom. The Hall–Kier alpha value is -2.89. The number of carbonyl (C=O) groups is 2. The van der Waals surface area contributed by atoms with Crippen molar-refractivity contribution in [2.45, 2.75) is 19.8 Å². The van der Waals surface area contributed by atoms with E-state index in [9.17, 15) is 9.59 Å². The van der Waals surface area contributed by atoms with Crippen LogP contribution >= 0.6 is 0 Å². The van der Waals surface area contributed by atoms with E-state index in [0.717, 1.165) is 5.56 Å². The molecule has 1 unspecified atom stereocenters. The number of carbonyl (C=O) groups excluding carboxylic acids is 2. The number of hydrogen-bond donors (Lipinski definition) is 0. The Labute approximate surface area is 146 Å². The van der Waals surface area contributed by atoms with Crippen LogP contribution in [0.5, 0.6) is 5.75 Å². The van der Waals surface area contributed by atoms with Gasteiger partial charge in [-0.25, -0.2) is 4.79 Å². The second-order valence-corrected chi connectivity index (χ2v) is 5.75. The van der Waals surface area contributed by atoms with Gasteiger partial charge < -0.3 is 14.4 Å². The zero-order chi connectivity index (χ0) is 17.8. The molecule has 0 spiro atoms. The number of pyridine rings is 1. The molecule has 0 radical (unpaired) electrons. The number of ether oxygens (including phenoxy) is 2. The SMILES string of the molecule is CCOC(=O)c1ccc2c(c1)N(C(=O)C(C)c1cccnc1)CCO2. The van der Waals surface area contributed by atoms with Crippen LogP contribution in [0.3, 0.4) is 0 Å². The number of anilines is 1. The van der Waals surface area contributed by atoms with Crippen LogP contribution in [0.1, 0.15) is 35.7 Å². The molecule has 1 aromatic carbocycles.